The molecule has 1 atom stereocenters. The van der Waals surface area contributed by atoms with Crippen LogP contribution in [0.5, 0.6) is 5.75 Å². The lowest BCUT2D eigenvalue weighted by atomic mass is 10.1. The van der Waals surface area contributed by atoms with Gasteiger partial charge in [0.1, 0.15) is 17.2 Å². The summed E-state index contributed by atoms with van der Waals surface area (Å²) in [5, 5.41) is 9.31. The minimum absolute atomic E-state index is 0.0660. The van der Waals surface area contributed by atoms with Gasteiger partial charge in [-0.3, -0.25) is 4.79 Å². The van der Waals surface area contributed by atoms with Gasteiger partial charge in [-0.05, 0) is 30.5 Å². The second-order valence-corrected chi connectivity index (χ2v) is 7.02. The quantitative estimate of drug-likeness (QED) is 0.897. The molecule has 5 nitrogen and oxygen atoms in total. The fourth-order valence-corrected chi connectivity index (χ4v) is 3.56. The number of nitrogens with zero attached hydrogens (tertiary/aromatic N) is 2. The molecule has 1 aliphatic rings. The summed E-state index contributed by atoms with van der Waals surface area (Å²) in [5.74, 6) is 0.567. The Bertz CT molecular complexity index is 692. The van der Waals surface area contributed by atoms with Crippen molar-refractivity contribution < 1.29 is 9.53 Å². The SMILES string of the molecule is CC1=C(C(N)=O)SC(c2ccc(OCC(C)C)c(C#N)c2)N1C. The van der Waals surface area contributed by atoms with E-state index in [1.807, 2.05) is 37.1 Å². The summed E-state index contributed by atoms with van der Waals surface area (Å²) in [5.41, 5.74) is 7.72. The Morgan fingerprint density at radius 1 is 1.52 bits per heavy atom. The molecule has 1 heterocycles. The van der Waals surface area contributed by atoms with Crippen molar-refractivity contribution in [3.05, 3.63) is 39.9 Å². The van der Waals surface area contributed by atoms with Crippen molar-refractivity contribution in [3.63, 3.8) is 0 Å². The van der Waals surface area contributed by atoms with Crippen LogP contribution in [0.4, 0.5) is 0 Å². The summed E-state index contributed by atoms with van der Waals surface area (Å²) in [6.45, 7) is 6.56. The maximum Gasteiger partial charge on any atom is 0.256 e. The van der Waals surface area contributed by atoms with Crippen molar-refractivity contribution in [2.45, 2.75) is 26.1 Å². The number of amides is 1. The van der Waals surface area contributed by atoms with E-state index in [4.69, 9.17) is 10.5 Å². The molecule has 0 radical (unpaired) electrons. The van der Waals surface area contributed by atoms with Crippen LogP contribution in [-0.4, -0.2) is 24.5 Å². The molecule has 2 rings (SSSR count). The second kappa shape index (κ2) is 6.97. The number of rotatable bonds is 5. The third kappa shape index (κ3) is 3.62. The van der Waals surface area contributed by atoms with Crippen molar-refractivity contribution in [1.82, 2.24) is 4.90 Å². The van der Waals surface area contributed by atoms with E-state index in [0.717, 1.165) is 11.3 Å². The number of hydrogen-bond acceptors (Lipinski definition) is 5. The normalized spacial score (nSPS) is 17.6. The van der Waals surface area contributed by atoms with Crippen LogP contribution in [0.3, 0.4) is 0 Å². The molecule has 2 N–H and O–H groups in total. The zero-order chi connectivity index (χ0) is 17.1. The van der Waals surface area contributed by atoms with Gasteiger partial charge in [-0.25, -0.2) is 0 Å². The summed E-state index contributed by atoms with van der Waals surface area (Å²) in [7, 11) is 1.91. The Morgan fingerprint density at radius 2 is 2.22 bits per heavy atom. The van der Waals surface area contributed by atoms with Crippen LogP contribution in [0.1, 0.15) is 37.3 Å². The highest BCUT2D eigenvalue weighted by Crippen LogP contribution is 2.46. The Labute approximate surface area is 141 Å². The largest absolute Gasteiger partial charge is 0.492 e. The number of ether oxygens (including phenoxy) is 1. The van der Waals surface area contributed by atoms with Crippen LogP contribution in [0.15, 0.2) is 28.8 Å². The molecule has 0 aromatic heterocycles. The van der Waals surface area contributed by atoms with E-state index in [-0.39, 0.29) is 5.37 Å². The van der Waals surface area contributed by atoms with Gasteiger partial charge in [0, 0.05) is 12.7 Å². The number of primary amides is 1. The first-order valence-electron chi connectivity index (χ1n) is 7.42. The minimum Gasteiger partial charge on any atom is -0.492 e. The molecule has 0 spiro atoms. The lowest BCUT2D eigenvalue weighted by Crippen LogP contribution is -2.17. The monoisotopic (exact) mass is 331 g/mol. The van der Waals surface area contributed by atoms with Gasteiger partial charge in [0.25, 0.3) is 5.91 Å². The molecular formula is C17H21N3O2S. The lowest BCUT2D eigenvalue weighted by Gasteiger charge is -2.23. The highest BCUT2D eigenvalue weighted by molar-refractivity contribution is 8.04. The average molecular weight is 331 g/mol. The number of allylic oxidation sites excluding steroid dienone is 1. The summed E-state index contributed by atoms with van der Waals surface area (Å²) in [6, 6.07) is 7.76. The Balaban J connectivity index is 2.26. The van der Waals surface area contributed by atoms with Gasteiger partial charge < -0.3 is 15.4 Å². The van der Waals surface area contributed by atoms with Gasteiger partial charge in [-0.2, -0.15) is 5.26 Å². The van der Waals surface area contributed by atoms with Crippen LogP contribution in [-0.2, 0) is 4.79 Å². The second-order valence-electron chi connectivity index (χ2n) is 5.93. The van der Waals surface area contributed by atoms with Gasteiger partial charge in [-0.1, -0.05) is 31.7 Å². The average Bonchev–Trinajstić information content (AvgIpc) is 2.81. The molecule has 1 amide bonds. The highest BCUT2D eigenvalue weighted by Gasteiger charge is 2.31. The zero-order valence-corrected chi connectivity index (χ0v) is 14.6. The molecule has 0 aliphatic carbocycles. The van der Waals surface area contributed by atoms with E-state index in [1.54, 1.807) is 0 Å². The molecule has 6 heteroatoms. The molecule has 1 aromatic rings. The third-order valence-electron chi connectivity index (χ3n) is 3.64. The van der Waals surface area contributed by atoms with Crippen molar-refractivity contribution in [2.75, 3.05) is 13.7 Å². The number of thioether (sulfide) groups is 1. The van der Waals surface area contributed by atoms with Gasteiger partial charge in [0.05, 0.1) is 17.1 Å². The summed E-state index contributed by atoms with van der Waals surface area (Å²) >= 11 is 1.41. The Kier molecular flexibility index (Phi) is 5.22. The number of nitriles is 1. The van der Waals surface area contributed by atoms with E-state index >= 15 is 0 Å². The number of carbonyl (C=O) groups excluding carboxylic acids is 1. The topological polar surface area (TPSA) is 79.4 Å². The first-order chi connectivity index (χ1) is 10.8. The van der Waals surface area contributed by atoms with Crippen LogP contribution >= 0.6 is 11.8 Å². The van der Waals surface area contributed by atoms with Gasteiger partial charge in [0.15, 0.2) is 0 Å². The molecule has 23 heavy (non-hydrogen) atoms. The van der Waals surface area contributed by atoms with Crippen LogP contribution < -0.4 is 10.5 Å². The fourth-order valence-electron chi connectivity index (χ4n) is 2.31. The van der Waals surface area contributed by atoms with E-state index < -0.39 is 5.91 Å². The van der Waals surface area contributed by atoms with E-state index in [2.05, 4.69) is 19.9 Å². The molecular weight excluding hydrogens is 310 g/mol. The lowest BCUT2D eigenvalue weighted by molar-refractivity contribution is -0.113. The van der Waals surface area contributed by atoms with E-state index in [0.29, 0.717) is 28.7 Å². The van der Waals surface area contributed by atoms with E-state index in [1.165, 1.54) is 11.8 Å². The molecule has 0 bridgehead atoms. The Hall–Kier alpha value is -2.13. The van der Waals surface area contributed by atoms with Crippen LogP contribution in [0.2, 0.25) is 0 Å². The summed E-state index contributed by atoms with van der Waals surface area (Å²) in [4.78, 5) is 14.1. The van der Waals surface area contributed by atoms with Crippen molar-refractivity contribution in [1.29, 1.82) is 5.26 Å². The minimum atomic E-state index is -0.417. The molecule has 122 valence electrons. The van der Waals surface area contributed by atoms with Crippen LogP contribution in [0, 0.1) is 17.2 Å². The maximum atomic E-state index is 11.5. The van der Waals surface area contributed by atoms with E-state index in [9.17, 15) is 10.1 Å². The molecule has 0 saturated heterocycles. The number of nitrogens with two attached hydrogens (primary N) is 1. The highest BCUT2D eigenvalue weighted by atomic mass is 32.2. The molecule has 0 saturated carbocycles. The first-order valence-corrected chi connectivity index (χ1v) is 8.30. The predicted octanol–water partition coefficient (Wildman–Crippen LogP) is 2.99. The van der Waals surface area contributed by atoms with Gasteiger partial charge in [0.2, 0.25) is 0 Å². The maximum absolute atomic E-state index is 11.5. The summed E-state index contributed by atoms with van der Waals surface area (Å²) in [6.07, 6.45) is 0. The zero-order valence-electron chi connectivity index (χ0n) is 13.8. The molecule has 0 fully saturated rings. The van der Waals surface area contributed by atoms with Crippen LogP contribution in [0.25, 0.3) is 0 Å². The first kappa shape index (κ1) is 17.2. The molecule has 1 aromatic carbocycles. The fraction of sp³-hybridized carbons (Fsp3) is 0.412. The van der Waals surface area contributed by atoms with Crippen molar-refractivity contribution >= 4 is 17.7 Å². The number of carbonyl (C=O) groups is 1. The van der Waals surface area contributed by atoms with Gasteiger partial charge >= 0.3 is 0 Å². The summed E-state index contributed by atoms with van der Waals surface area (Å²) < 4.78 is 5.69. The molecule has 1 unspecified atom stereocenters. The standard InChI is InChI=1S/C17H21N3O2S/c1-10(2)9-22-14-6-5-12(7-13(14)8-18)17-20(4)11(3)15(23-17)16(19)21/h5-7,10,17H,9H2,1-4H3,(H2,19,21). The third-order valence-corrected chi connectivity index (χ3v) is 5.19. The number of hydrogen-bond donors (Lipinski definition) is 1. The number of benzene rings is 1. The molecule has 1 aliphatic heterocycles. The van der Waals surface area contributed by atoms with Crippen molar-refractivity contribution in [2.24, 2.45) is 11.7 Å². The van der Waals surface area contributed by atoms with Gasteiger partial charge in [-0.15, -0.1) is 0 Å². The predicted molar refractivity (Wildman–Crippen MR) is 91.5 cm³/mol. The smallest absolute Gasteiger partial charge is 0.256 e. The van der Waals surface area contributed by atoms with Crippen molar-refractivity contribution in [3.8, 4) is 11.8 Å². The Morgan fingerprint density at radius 3 is 2.74 bits per heavy atom.